The van der Waals surface area contributed by atoms with Crippen LogP contribution in [0.4, 0.5) is 0 Å². The van der Waals surface area contributed by atoms with Gasteiger partial charge in [0, 0.05) is 26.2 Å². The summed E-state index contributed by atoms with van der Waals surface area (Å²) < 4.78 is 7.22. The highest BCUT2D eigenvalue weighted by atomic mass is 16.3. The number of piperazine rings is 1. The predicted molar refractivity (Wildman–Crippen MR) is 101 cm³/mol. The molecule has 0 bridgehead atoms. The van der Waals surface area contributed by atoms with E-state index in [9.17, 15) is 4.79 Å². The van der Waals surface area contributed by atoms with Crippen molar-refractivity contribution in [3.63, 3.8) is 0 Å². The summed E-state index contributed by atoms with van der Waals surface area (Å²) in [6.07, 6.45) is 2.48. The van der Waals surface area contributed by atoms with Crippen molar-refractivity contribution in [1.82, 2.24) is 30.0 Å². The zero-order valence-corrected chi connectivity index (χ0v) is 16.9. The van der Waals surface area contributed by atoms with Crippen molar-refractivity contribution in [2.75, 3.05) is 26.2 Å². The number of carbonyl (C=O) groups is 1. The number of carbonyl (C=O) groups excluding carboxylic acids is 1. The van der Waals surface area contributed by atoms with Crippen LogP contribution in [-0.4, -0.2) is 62.1 Å². The minimum atomic E-state index is -0.136. The maximum absolute atomic E-state index is 12.5. The lowest BCUT2D eigenvalue weighted by atomic mass is 9.97. The van der Waals surface area contributed by atoms with Crippen molar-refractivity contribution in [3.8, 4) is 0 Å². The summed E-state index contributed by atoms with van der Waals surface area (Å²) in [6, 6.07) is 3.58. The molecule has 0 aliphatic carbocycles. The van der Waals surface area contributed by atoms with E-state index in [4.69, 9.17) is 4.42 Å². The molecule has 0 spiro atoms. The van der Waals surface area contributed by atoms with Gasteiger partial charge in [0.2, 0.25) is 0 Å². The van der Waals surface area contributed by atoms with Crippen molar-refractivity contribution < 1.29 is 9.21 Å². The van der Waals surface area contributed by atoms with Gasteiger partial charge >= 0.3 is 0 Å². The van der Waals surface area contributed by atoms with Gasteiger partial charge in [-0.1, -0.05) is 20.8 Å². The second kappa shape index (κ2) is 7.80. The molecule has 3 heterocycles. The zero-order chi connectivity index (χ0) is 19.6. The van der Waals surface area contributed by atoms with Gasteiger partial charge < -0.3 is 9.32 Å². The highest BCUT2D eigenvalue weighted by Crippen LogP contribution is 2.31. The van der Waals surface area contributed by atoms with E-state index in [1.807, 2.05) is 9.58 Å². The summed E-state index contributed by atoms with van der Waals surface area (Å²) in [5.41, 5.74) is -0.136. The quantitative estimate of drug-likeness (QED) is 0.773. The Morgan fingerprint density at radius 1 is 1.26 bits per heavy atom. The molecule has 1 aliphatic heterocycles. The average Bonchev–Trinajstić information content (AvgIpc) is 3.34. The van der Waals surface area contributed by atoms with E-state index in [0.717, 1.165) is 25.3 Å². The van der Waals surface area contributed by atoms with E-state index in [2.05, 4.69) is 55.0 Å². The van der Waals surface area contributed by atoms with E-state index < -0.39 is 0 Å². The third-order valence-corrected chi connectivity index (χ3v) is 5.56. The van der Waals surface area contributed by atoms with E-state index in [0.29, 0.717) is 24.8 Å². The Labute approximate surface area is 160 Å². The maximum atomic E-state index is 12.5. The Bertz CT molecular complexity index is 744. The number of aromatic nitrogens is 4. The summed E-state index contributed by atoms with van der Waals surface area (Å²) >= 11 is 0. The highest BCUT2D eigenvalue weighted by molar-refractivity contribution is 5.91. The predicted octanol–water partition coefficient (Wildman–Crippen LogP) is 2.57. The number of nitrogens with zero attached hydrogens (tertiary/aromatic N) is 6. The second-order valence-corrected chi connectivity index (χ2v) is 8.11. The fourth-order valence-electron chi connectivity index (χ4n) is 3.60. The molecule has 148 valence electrons. The Morgan fingerprint density at radius 3 is 2.52 bits per heavy atom. The van der Waals surface area contributed by atoms with Crippen LogP contribution in [0, 0.1) is 5.92 Å². The molecule has 8 heteroatoms. The Morgan fingerprint density at radius 2 is 1.96 bits per heavy atom. The van der Waals surface area contributed by atoms with Crippen molar-refractivity contribution in [3.05, 3.63) is 30.0 Å². The van der Waals surface area contributed by atoms with E-state index in [-0.39, 0.29) is 17.5 Å². The zero-order valence-electron chi connectivity index (χ0n) is 16.9. The fraction of sp³-hybridized carbons (Fsp3) is 0.684. The van der Waals surface area contributed by atoms with Gasteiger partial charge in [0.25, 0.3) is 5.91 Å². The Hall–Kier alpha value is -2.22. The monoisotopic (exact) mass is 374 g/mol. The van der Waals surface area contributed by atoms with Gasteiger partial charge in [-0.05, 0) is 48.7 Å². The van der Waals surface area contributed by atoms with Crippen molar-refractivity contribution in [2.45, 2.75) is 52.6 Å². The molecule has 1 saturated heterocycles. The number of amides is 1. The summed E-state index contributed by atoms with van der Waals surface area (Å²) in [4.78, 5) is 16.7. The SMILES string of the molecule is CCC(C)(C)n1nnnc1[C@@H](C(C)C)N1CCN(C(=O)c2ccco2)CC1. The number of tetrazole rings is 1. The molecule has 0 unspecified atom stereocenters. The van der Waals surface area contributed by atoms with Crippen LogP contribution in [0.5, 0.6) is 0 Å². The molecule has 1 aliphatic rings. The maximum Gasteiger partial charge on any atom is 0.289 e. The number of hydrogen-bond donors (Lipinski definition) is 0. The smallest absolute Gasteiger partial charge is 0.289 e. The molecule has 1 fully saturated rings. The number of rotatable bonds is 6. The summed E-state index contributed by atoms with van der Waals surface area (Å²) in [7, 11) is 0. The van der Waals surface area contributed by atoms with Crippen LogP contribution < -0.4 is 0 Å². The van der Waals surface area contributed by atoms with E-state index >= 15 is 0 Å². The van der Waals surface area contributed by atoms with Crippen LogP contribution in [0.3, 0.4) is 0 Å². The normalized spacial score (nSPS) is 17.5. The summed E-state index contributed by atoms with van der Waals surface area (Å²) in [5, 5.41) is 12.6. The number of hydrogen-bond acceptors (Lipinski definition) is 6. The van der Waals surface area contributed by atoms with Gasteiger partial charge in [0.15, 0.2) is 11.6 Å². The first-order valence-electron chi connectivity index (χ1n) is 9.70. The van der Waals surface area contributed by atoms with Gasteiger partial charge in [0.05, 0.1) is 17.8 Å². The third-order valence-electron chi connectivity index (χ3n) is 5.56. The van der Waals surface area contributed by atoms with Crippen LogP contribution in [0.2, 0.25) is 0 Å². The van der Waals surface area contributed by atoms with Gasteiger partial charge in [-0.3, -0.25) is 9.69 Å². The van der Waals surface area contributed by atoms with Crippen molar-refractivity contribution in [2.24, 2.45) is 5.92 Å². The lowest BCUT2D eigenvalue weighted by Gasteiger charge is -2.40. The standard InChI is InChI=1S/C19H30N6O2/c1-6-19(4,5)25-17(20-21-22-25)16(14(2)3)23-9-11-24(12-10-23)18(26)15-8-7-13-27-15/h7-8,13-14,16H,6,9-12H2,1-5H3/t16-/m1/s1. The molecule has 0 N–H and O–H groups in total. The van der Waals surface area contributed by atoms with Gasteiger partial charge in [0.1, 0.15) is 0 Å². The first-order chi connectivity index (χ1) is 12.8. The lowest BCUT2D eigenvalue weighted by molar-refractivity contribution is 0.0453. The molecule has 0 saturated carbocycles. The summed E-state index contributed by atoms with van der Waals surface area (Å²) in [5.74, 6) is 1.62. The molecule has 0 aromatic carbocycles. The number of furan rings is 1. The highest BCUT2D eigenvalue weighted by Gasteiger charge is 2.35. The largest absolute Gasteiger partial charge is 0.459 e. The summed E-state index contributed by atoms with van der Waals surface area (Å²) in [6.45, 7) is 13.8. The van der Waals surface area contributed by atoms with Crippen LogP contribution in [0.15, 0.2) is 22.8 Å². The molecule has 8 nitrogen and oxygen atoms in total. The minimum absolute atomic E-state index is 0.0438. The van der Waals surface area contributed by atoms with Crippen molar-refractivity contribution in [1.29, 1.82) is 0 Å². The average molecular weight is 374 g/mol. The molecule has 1 amide bonds. The van der Waals surface area contributed by atoms with Crippen LogP contribution in [0.25, 0.3) is 0 Å². The first kappa shape index (κ1) is 19.5. The van der Waals surface area contributed by atoms with Crippen LogP contribution >= 0.6 is 0 Å². The molecule has 0 radical (unpaired) electrons. The molecular weight excluding hydrogens is 344 g/mol. The molecule has 1 atom stereocenters. The van der Waals surface area contributed by atoms with E-state index in [1.54, 1.807) is 12.1 Å². The van der Waals surface area contributed by atoms with Crippen LogP contribution in [-0.2, 0) is 5.54 Å². The Kier molecular flexibility index (Phi) is 5.64. The van der Waals surface area contributed by atoms with Crippen molar-refractivity contribution >= 4 is 5.91 Å². The fourth-order valence-corrected chi connectivity index (χ4v) is 3.60. The molecule has 3 rings (SSSR count). The van der Waals surface area contributed by atoms with Gasteiger partial charge in [-0.25, -0.2) is 4.68 Å². The van der Waals surface area contributed by atoms with Gasteiger partial charge in [-0.2, -0.15) is 0 Å². The third kappa shape index (κ3) is 3.90. The first-order valence-corrected chi connectivity index (χ1v) is 9.70. The van der Waals surface area contributed by atoms with Crippen LogP contribution in [0.1, 0.15) is 63.5 Å². The van der Waals surface area contributed by atoms with Gasteiger partial charge in [-0.15, -0.1) is 5.10 Å². The molecule has 27 heavy (non-hydrogen) atoms. The minimum Gasteiger partial charge on any atom is -0.459 e. The molecule has 2 aromatic heterocycles. The Balaban J connectivity index is 1.75. The molecular formula is C19H30N6O2. The lowest BCUT2D eigenvalue weighted by Crippen LogP contribution is -2.51. The molecule has 2 aromatic rings. The second-order valence-electron chi connectivity index (χ2n) is 8.11. The topological polar surface area (TPSA) is 80.3 Å². The van der Waals surface area contributed by atoms with E-state index in [1.165, 1.54) is 6.26 Å².